The number of aldehydes is 1. The molecule has 0 aliphatic heterocycles. The third-order valence-electron chi connectivity index (χ3n) is 4.05. The van der Waals surface area contributed by atoms with Gasteiger partial charge in [-0.1, -0.05) is 39.7 Å². The molecule has 0 saturated carbocycles. The summed E-state index contributed by atoms with van der Waals surface area (Å²) < 4.78 is 40.4. The van der Waals surface area contributed by atoms with Crippen LogP contribution in [-0.2, 0) is 6.42 Å². The number of carbonyl (C=O) groups excluding carboxylic acids is 1. The zero-order valence-corrected chi connectivity index (χ0v) is 17.9. The number of rotatable bonds is 3. The minimum atomic E-state index is -0.824. The van der Waals surface area contributed by atoms with Crippen molar-refractivity contribution in [1.82, 2.24) is 0 Å². The molecule has 0 aliphatic rings. The van der Waals surface area contributed by atoms with Gasteiger partial charge in [-0.15, -0.1) is 11.3 Å². The maximum absolute atomic E-state index is 13.7. The van der Waals surface area contributed by atoms with Crippen LogP contribution in [0.5, 0.6) is 0 Å². The third-order valence-corrected chi connectivity index (χ3v) is 6.01. The summed E-state index contributed by atoms with van der Waals surface area (Å²) in [5.41, 5.74) is 0.533. The van der Waals surface area contributed by atoms with Crippen molar-refractivity contribution in [2.45, 2.75) is 6.42 Å². The first kappa shape index (κ1) is 21.6. The van der Waals surface area contributed by atoms with Crippen LogP contribution in [0.15, 0.2) is 65.1 Å². The summed E-state index contributed by atoms with van der Waals surface area (Å²) in [6.07, 6.45) is 0.877. The molecule has 0 radical (unpaired) electrons. The Balaban J connectivity index is 0.000000204. The lowest BCUT2D eigenvalue weighted by Crippen LogP contribution is -1.91. The van der Waals surface area contributed by atoms with Crippen LogP contribution >= 0.6 is 38.9 Å². The van der Waals surface area contributed by atoms with E-state index in [1.807, 2.05) is 30.3 Å². The molecule has 0 N–H and O–H groups in total. The fourth-order valence-corrected chi connectivity index (χ4v) is 4.35. The van der Waals surface area contributed by atoms with E-state index < -0.39 is 17.2 Å². The molecular weight excluding hydrogens is 485 g/mol. The number of hydrogen-bond donors (Lipinski definition) is 0. The van der Waals surface area contributed by atoms with Gasteiger partial charge < -0.3 is 0 Å². The van der Waals surface area contributed by atoms with Gasteiger partial charge in [0.1, 0.15) is 17.5 Å². The summed E-state index contributed by atoms with van der Waals surface area (Å²) in [6.45, 7) is 0. The van der Waals surface area contributed by atoms with E-state index in [4.69, 9.17) is 11.6 Å². The molecule has 0 amide bonds. The van der Waals surface area contributed by atoms with Gasteiger partial charge >= 0.3 is 0 Å². The van der Waals surface area contributed by atoms with E-state index in [1.165, 1.54) is 12.1 Å². The van der Waals surface area contributed by atoms with Gasteiger partial charge in [-0.25, -0.2) is 13.2 Å². The molecule has 0 atom stereocenters. The largest absolute Gasteiger partial charge is 0.298 e. The van der Waals surface area contributed by atoms with Gasteiger partial charge in [-0.3, -0.25) is 4.79 Å². The number of fused-ring (bicyclic) bond motifs is 1. The maximum Gasteiger partial charge on any atom is 0.155 e. The van der Waals surface area contributed by atoms with Gasteiger partial charge in [-0.2, -0.15) is 0 Å². The first-order valence-corrected chi connectivity index (χ1v) is 10.4. The predicted molar refractivity (Wildman–Crippen MR) is 115 cm³/mol. The van der Waals surface area contributed by atoms with E-state index in [0.29, 0.717) is 5.39 Å². The number of carbonyl (C=O) groups is 1. The SMILES string of the molecule is Fc1cccc2sc(Cc3cc(Br)ccc3Cl)cc12.O=Cc1c(F)cccc1F. The predicted octanol–water partition coefficient (Wildman–Crippen LogP) is 7.82. The van der Waals surface area contributed by atoms with Crippen molar-refractivity contribution in [3.63, 3.8) is 0 Å². The summed E-state index contributed by atoms with van der Waals surface area (Å²) in [5.74, 6) is -1.81. The lowest BCUT2D eigenvalue weighted by Gasteiger charge is -2.02. The van der Waals surface area contributed by atoms with Crippen LogP contribution in [0.2, 0.25) is 5.02 Å². The first-order valence-electron chi connectivity index (χ1n) is 8.39. The Morgan fingerprint density at radius 3 is 2.21 bits per heavy atom. The fourth-order valence-electron chi connectivity index (χ4n) is 2.65. The van der Waals surface area contributed by atoms with Gasteiger partial charge in [0.15, 0.2) is 6.29 Å². The normalized spacial score (nSPS) is 10.5. The number of hydrogen-bond acceptors (Lipinski definition) is 2. The molecule has 148 valence electrons. The zero-order chi connectivity index (χ0) is 21.0. The molecule has 29 heavy (non-hydrogen) atoms. The van der Waals surface area contributed by atoms with Crippen LogP contribution in [0, 0.1) is 17.5 Å². The van der Waals surface area contributed by atoms with Crippen molar-refractivity contribution in [2.75, 3.05) is 0 Å². The quantitative estimate of drug-likeness (QED) is 0.264. The summed E-state index contributed by atoms with van der Waals surface area (Å²) in [4.78, 5) is 11.1. The van der Waals surface area contributed by atoms with Crippen molar-refractivity contribution in [1.29, 1.82) is 0 Å². The lowest BCUT2D eigenvalue weighted by atomic mass is 10.1. The summed E-state index contributed by atoms with van der Waals surface area (Å²) in [7, 11) is 0. The Hall–Kier alpha value is -2.15. The molecule has 0 bridgehead atoms. The van der Waals surface area contributed by atoms with Gasteiger partial charge in [0.2, 0.25) is 0 Å². The van der Waals surface area contributed by atoms with Gasteiger partial charge in [0.25, 0.3) is 0 Å². The van der Waals surface area contributed by atoms with Crippen LogP contribution in [0.3, 0.4) is 0 Å². The Bertz CT molecular complexity index is 1160. The number of benzene rings is 3. The molecule has 0 fully saturated rings. The maximum atomic E-state index is 13.7. The minimum Gasteiger partial charge on any atom is -0.298 e. The average molecular weight is 498 g/mol. The molecular formula is C22H13BrClF3OS. The Morgan fingerprint density at radius 1 is 0.931 bits per heavy atom. The van der Waals surface area contributed by atoms with Crippen molar-refractivity contribution in [3.8, 4) is 0 Å². The number of halogens is 5. The second-order valence-electron chi connectivity index (χ2n) is 6.03. The highest BCUT2D eigenvalue weighted by Crippen LogP contribution is 2.31. The monoisotopic (exact) mass is 496 g/mol. The molecule has 4 rings (SSSR count). The van der Waals surface area contributed by atoms with Gasteiger partial charge in [0, 0.05) is 30.9 Å². The second-order valence-corrected chi connectivity index (χ2v) is 8.52. The molecule has 4 aromatic rings. The highest BCUT2D eigenvalue weighted by atomic mass is 79.9. The molecule has 1 nitrogen and oxygen atoms in total. The van der Waals surface area contributed by atoms with E-state index >= 15 is 0 Å². The standard InChI is InChI=1S/C15H9BrClFS.C7H4F2O/c16-10-4-5-13(17)9(6-10)7-11-8-12-14(18)2-1-3-15(12)19-11;8-6-2-1-3-7(9)5(6)4-10/h1-6,8H,7H2;1-4H. The molecule has 1 heterocycles. The highest BCUT2D eigenvalue weighted by molar-refractivity contribution is 9.10. The number of thiophene rings is 1. The van der Waals surface area contributed by atoms with Crippen molar-refractivity contribution in [2.24, 2.45) is 0 Å². The van der Waals surface area contributed by atoms with E-state index in [0.717, 1.165) is 43.2 Å². The molecule has 7 heteroatoms. The molecule has 0 unspecified atom stereocenters. The lowest BCUT2D eigenvalue weighted by molar-refractivity contribution is 0.111. The van der Waals surface area contributed by atoms with Crippen LogP contribution in [0.4, 0.5) is 13.2 Å². The third kappa shape index (κ3) is 5.26. The summed E-state index contributed by atoms with van der Waals surface area (Å²) in [5, 5.41) is 1.43. The zero-order valence-electron chi connectivity index (χ0n) is 14.8. The van der Waals surface area contributed by atoms with Crippen molar-refractivity contribution in [3.05, 3.63) is 104 Å². The fraction of sp³-hybridized carbons (Fsp3) is 0.0455. The van der Waals surface area contributed by atoms with Crippen LogP contribution in [0.1, 0.15) is 20.8 Å². The van der Waals surface area contributed by atoms with Gasteiger partial charge in [0.05, 0.1) is 5.56 Å². The van der Waals surface area contributed by atoms with E-state index in [9.17, 15) is 18.0 Å². The second kappa shape index (κ2) is 9.57. The summed E-state index contributed by atoms with van der Waals surface area (Å²) >= 11 is 11.2. The molecule has 0 spiro atoms. The minimum absolute atomic E-state index is 0.157. The molecule has 1 aromatic heterocycles. The Kier molecular flexibility index (Phi) is 7.11. The van der Waals surface area contributed by atoms with Crippen LogP contribution < -0.4 is 0 Å². The van der Waals surface area contributed by atoms with Gasteiger partial charge in [-0.05, 0) is 54.1 Å². The van der Waals surface area contributed by atoms with Crippen LogP contribution in [-0.4, -0.2) is 6.29 Å². The average Bonchev–Trinajstić information content (AvgIpc) is 3.10. The van der Waals surface area contributed by atoms with Crippen LogP contribution in [0.25, 0.3) is 10.1 Å². The topological polar surface area (TPSA) is 17.1 Å². The molecule has 0 saturated heterocycles. The van der Waals surface area contributed by atoms with E-state index in [2.05, 4.69) is 15.9 Å². The Labute approximate surface area is 182 Å². The molecule has 0 aliphatic carbocycles. The smallest absolute Gasteiger partial charge is 0.155 e. The Morgan fingerprint density at radius 2 is 1.59 bits per heavy atom. The van der Waals surface area contributed by atoms with Crippen molar-refractivity contribution < 1.29 is 18.0 Å². The first-order chi connectivity index (χ1) is 13.9. The van der Waals surface area contributed by atoms with E-state index in [-0.39, 0.29) is 12.1 Å². The highest BCUT2D eigenvalue weighted by Gasteiger charge is 2.09. The molecule has 3 aromatic carbocycles. The van der Waals surface area contributed by atoms with Crippen molar-refractivity contribution >= 4 is 55.2 Å². The summed E-state index contributed by atoms with van der Waals surface area (Å²) in [6, 6.07) is 16.1. The van der Waals surface area contributed by atoms with E-state index in [1.54, 1.807) is 17.4 Å².